The van der Waals surface area contributed by atoms with Gasteiger partial charge in [0.05, 0.1) is 0 Å². The predicted molar refractivity (Wildman–Crippen MR) is 38.9 cm³/mol. The summed E-state index contributed by atoms with van der Waals surface area (Å²) in [6.07, 6.45) is 0. The molecule has 0 saturated heterocycles. The van der Waals surface area contributed by atoms with E-state index >= 15 is 0 Å². The van der Waals surface area contributed by atoms with Gasteiger partial charge in [0.1, 0.15) is 0 Å². The Morgan fingerprint density at radius 3 is 1.40 bits per heavy atom. The molecule has 0 saturated carbocycles. The fourth-order valence-electron chi connectivity index (χ4n) is 0. The first-order valence-corrected chi connectivity index (χ1v) is 4.41. The maximum Gasteiger partial charge on any atom is 0.263 e. The molecule has 0 amide bonds. The monoisotopic (exact) mass is 237 g/mol. The van der Waals surface area contributed by atoms with Gasteiger partial charge in [-0.25, -0.2) is 0 Å². The fraction of sp³-hybridized carbons (Fsp3) is 1.00. The van der Waals surface area contributed by atoms with Crippen molar-refractivity contribution in [3.63, 3.8) is 0 Å². The third-order valence-electron chi connectivity index (χ3n) is 0.167. The van der Waals surface area contributed by atoms with Crippen LogP contribution in [0.15, 0.2) is 0 Å². The largest absolute Gasteiger partial charge is 0.329 e. The third-order valence-corrected chi connectivity index (χ3v) is 0.167. The number of nitrogens with two attached hydrogens (primary N) is 2. The summed E-state index contributed by atoms with van der Waals surface area (Å²) in [6.45, 7) is 1.19. The molecule has 1 radical (unpaired) electrons. The van der Waals surface area contributed by atoms with Gasteiger partial charge in [0, 0.05) is 41.3 Å². The van der Waals surface area contributed by atoms with Crippen molar-refractivity contribution in [2.24, 2.45) is 11.5 Å². The zero-order valence-electron chi connectivity index (χ0n) is 4.99. The fourth-order valence-corrected chi connectivity index (χ4v) is 0. The number of rotatable bonds is 1. The van der Waals surface area contributed by atoms with Crippen LogP contribution in [0.5, 0.6) is 0 Å². The maximum atomic E-state index is 9.11. The summed E-state index contributed by atoms with van der Waals surface area (Å²) in [6, 6.07) is 0. The predicted octanol–water partition coefficient (Wildman–Crippen LogP) is -1.42. The molecule has 0 aliphatic rings. The molecule has 6 N–H and O–H groups in total. The van der Waals surface area contributed by atoms with E-state index in [2.05, 4.69) is 11.2 Å². The molecule has 0 rings (SSSR count). The minimum Gasteiger partial charge on any atom is -0.329 e. The van der Waals surface area contributed by atoms with Crippen LogP contribution < -0.4 is 11.5 Å². The van der Waals surface area contributed by atoms with E-state index in [1.807, 2.05) is 0 Å². The molecular weight excluding hydrogens is 228 g/mol. The van der Waals surface area contributed by atoms with Gasteiger partial charge in [0.25, 0.3) is 9.05 Å². The Hall–Kier alpha value is 0.729. The Kier molecular flexibility index (Phi) is 16.5. The molecule has 0 aromatic carbocycles. The summed E-state index contributed by atoms with van der Waals surface area (Å²) in [7, 11) is -3.83. The van der Waals surface area contributed by atoms with Crippen molar-refractivity contribution >= 4 is 20.2 Å². The molecule has 0 atom stereocenters. The Balaban J connectivity index is -0.0000000910. The Bertz CT molecular complexity index is 125. The van der Waals surface area contributed by atoms with E-state index in [0.717, 1.165) is 0 Å². The molecule has 8 heteroatoms. The molecule has 0 aromatic rings. The van der Waals surface area contributed by atoms with Gasteiger partial charge in [-0.05, 0) is 0 Å². The van der Waals surface area contributed by atoms with Crippen molar-refractivity contribution in [1.82, 2.24) is 0 Å². The van der Waals surface area contributed by atoms with Gasteiger partial charge in [-0.1, -0.05) is 0 Å². The van der Waals surface area contributed by atoms with Crippen molar-refractivity contribution in [2.75, 3.05) is 13.1 Å². The van der Waals surface area contributed by atoms with Gasteiger partial charge in [-0.15, -0.1) is 0 Å². The summed E-state index contributed by atoms with van der Waals surface area (Å²) in [5.41, 5.74) is 9.81. The minimum atomic E-state index is -3.83. The van der Waals surface area contributed by atoms with Crippen LogP contribution in [0, 0.1) is 0 Å². The van der Waals surface area contributed by atoms with Crippen LogP contribution in [0.2, 0.25) is 0 Å². The van der Waals surface area contributed by atoms with Crippen LogP contribution in [0.1, 0.15) is 0 Å². The Labute approximate surface area is 75.3 Å². The van der Waals surface area contributed by atoms with Crippen LogP contribution in [-0.2, 0) is 37.3 Å². The SMILES string of the molecule is NCCN.O=S(O)(O)=S.[Cu]. The average molecular weight is 238 g/mol. The standard InChI is InChI=1S/C2H8N2.Cu.H2O3S2/c3-1-2-4;;1-5(2,3)4/h1-4H2;;(H2,1,2,3,4). The van der Waals surface area contributed by atoms with E-state index in [4.69, 9.17) is 24.8 Å². The Morgan fingerprint density at radius 2 is 1.40 bits per heavy atom. The van der Waals surface area contributed by atoms with E-state index < -0.39 is 9.05 Å². The topological polar surface area (TPSA) is 110 Å². The molecule has 10 heavy (non-hydrogen) atoms. The molecule has 5 nitrogen and oxygen atoms in total. The second-order valence-electron chi connectivity index (χ2n) is 1.03. The summed E-state index contributed by atoms with van der Waals surface area (Å²) in [5, 5.41) is 0. The summed E-state index contributed by atoms with van der Waals surface area (Å²) >= 11 is 3.47. The molecule has 0 unspecified atom stereocenters. The maximum absolute atomic E-state index is 9.11. The quantitative estimate of drug-likeness (QED) is 0.417. The van der Waals surface area contributed by atoms with Crippen LogP contribution in [-0.4, -0.2) is 26.4 Å². The van der Waals surface area contributed by atoms with Crippen LogP contribution >= 0.6 is 0 Å². The molecule has 0 aliphatic carbocycles. The van der Waals surface area contributed by atoms with Gasteiger partial charge in [0.15, 0.2) is 0 Å². The molecule has 0 aromatic heterocycles. The first kappa shape index (κ1) is 17.0. The Morgan fingerprint density at radius 1 is 1.30 bits per heavy atom. The van der Waals surface area contributed by atoms with Crippen molar-refractivity contribution in [1.29, 1.82) is 0 Å². The zero-order chi connectivity index (χ0) is 7.91. The second-order valence-corrected chi connectivity index (χ2v) is 3.22. The molecule has 69 valence electrons. The van der Waals surface area contributed by atoms with Crippen molar-refractivity contribution in [3.05, 3.63) is 0 Å². The van der Waals surface area contributed by atoms with Crippen LogP contribution in [0.25, 0.3) is 0 Å². The van der Waals surface area contributed by atoms with Gasteiger partial charge in [-0.2, -0.15) is 4.21 Å². The summed E-state index contributed by atoms with van der Waals surface area (Å²) in [5.74, 6) is 0. The van der Waals surface area contributed by atoms with Crippen LogP contribution in [0.3, 0.4) is 0 Å². The third kappa shape index (κ3) is 174. The number of hydrogen-bond donors (Lipinski definition) is 4. The summed E-state index contributed by atoms with van der Waals surface area (Å²) in [4.78, 5) is 0. The smallest absolute Gasteiger partial charge is 0.263 e. The molecule has 0 spiro atoms. The molecule has 0 fully saturated rings. The van der Waals surface area contributed by atoms with Crippen LogP contribution in [0.4, 0.5) is 0 Å². The van der Waals surface area contributed by atoms with E-state index in [1.165, 1.54) is 0 Å². The van der Waals surface area contributed by atoms with E-state index in [9.17, 15) is 0 Å². The van der Waals surface area contributed by atoms with E-state index in [0.29, 0.717) is 13.1 Å². The van der Waals surface area contributed by atoms with Crippen molar-refractivity contribution < 1.29 is 30.4 Å². The van der Waals surface area contributed by atoms with E-state index in [-0.39, 0.29) is 17.1 Å². The molecule has 0 aliphatic heterocycles. The van der Waals surface area contributed by atoms with Gasteiger partial charge >= 0.3 is 0 Å². The minimum absolute atomic E-state index is 0. The first-order chi connectivity index (χ1) is 3.91. The molecular formula is C2H10CuN2O3S2. The van der Waals surface area contributed by atoms with Gasteiger partial charge in [-0.3, -0.25) is 9.11 Å². The average Bonchev–Trinajstić information content (AvgIpc) is 1.61. The first-order valence-electron chi connectivity index (χ1n) is 2.01. The molecule has 0 heterocycles. The molecule has 0 bridgehead atoms. The normalized spacial score (nSPS) is 8.80. The van der Waals surface area contributed by atoms with Gasteiger partial charge < -0.3 is 11.5 Å². The summed E-state index contributed by atoms with van der Waals surface area (Å²) < 4.78 is 24.0. The number of hydrogen-bond acceptors (Lipinski definition) is 4. The van der Waals surface area contributed by atoms with Gasteiger partial charge in [0.2, 0.25) is 0 Å². The van der Waals surface area contributed by atoms with Crippen molar-refractivity contribution in [2.45, 2.75) is 0 Å². The second kappa shape index (κ2) is 9.73. The zero-order valence-corrected chi connectivity index (χ0v) is 7.56. The van der Waals surface area contributed by atoms with E-state index in [1.54, 1.807) is 0 Å². The van der Waals surface area contributed by atoms with Crippen molar-refractivity contribution in [3.8, 4) is 0 Å².